The summed E-state index contributed by atoms with van der Waals surface area (Å²) in [5.41, 5.74) is 0.343. The van der Waals surface area contributed by atoms with Crippen molar-refractivity contribution >= 4 is 5.91 Å². The highest BCUT2D eigenvalue weighted by Crippen LogP contribution is 2.35. The maximum atomic E-state index is 12.5. The van der Waals surface area contributed by atoms with E-state index < -0.39 is 24.7 Å². The van der Waals surface area contributed by atoms with E-state index in [9.17, 15) is 23.1 Å². The van der Waals surface area contributed by atoms with Crippen molar-refractivity contribution in [3.8, 4) is 5.75 Å². The Bertz CT molecular complexity index is 731. The van der Waals surface area contributed by atoms with Crippen molar-refractivity contribution in [2.45, 2.75) is 76.2 Å². The van der Waals surface area contributed by atoms with Crippen molar-refractivity contribution in [1.29, 1.82) is 0 Å². The minimum Gasteiger partial charge on any atom is -0.405 e. The Hall–Kier alpha value is -1.88. The Labute approximate surface area is 172 Å². The second-order valence-electron chi connectivity index (χ2n) is 7.87. The second kappa shape index (κ2) is 9.51. The van der Waals surface area contributed by atoms with E-state index in [0.717, 1.165) is 0 Å². The zero-order valence-electron chi connectivity index (χ0n) is 16.8. The van der Waals surface area contributed by atoms with Gasteiger partial charge in [0, 0.05) is 31.1 Å². The maximum absolute atomic E-state index is 12.5. The fraction of sp³-hybridized carbons (Fsp3) is 0.650. The molecule has 0 radical (unpaired) electrons. The van der Waals surface area contributed by atoms with Crippen LogP contribution in [0.15, 0.2) is 24.3 Å². The van der Waals surface area contributed by atoms with Crippen LogP contribution < -0.4 is 15.4 Å². The normalized spacial score (nSPS) is 28.6. The third kappa shape index (κ3) is 6.07. The van der Waals surface area contributed by atoms with Crippen molar-refractivity contribution in [2.75, 3.05) is 6.54 Å². The number of benzene rings is 1. The molecule has 168 valence electrons. The maximum Gasteiger partial charge on any atom is 0.573 e. The van der Waals surface area contributed by atoms with Gasteiger partial charge in [-0.3, -0.25) is 4.79 Å². The summed E-state index contributed by atoms with van der Waals surface area (Å²) in [5, 5.41) is 16.3. The number of fused-ring (bicyclic) bond motifs is 1. The number of para-hydroxylation sites is 1. The van der Waals surface area contributed by atoms with E-state index in [0.29, 0.717) is 12.0 Å². The molecule has 0 unspecified atom stereocenters. The van der Waals surface area contributed by atoms with Gasteiger partial charge in [-0.15, -0.1) is 13.2 Å². The van der Waals surface area contributed by atoms with Gasteiger partial charge in [0.2, 0.25) is 5.91 Å². The molecule has 0 aliphatic carbocycles. The average molecular weight is 432 g/mol. The lowest BCUT2D eigenvalue weighted by molar-refractivity contribution is -0.274. The van der Waals surface area contributed by atoms with Gasteiger partial charge in [0.15, 0.2) is 0 Å². The predicted molar refractivity (Wildman–Crippen MR) is 101 cm³/mol. The van der Waals surface area contributed by atoms with E-state index in [4.69, 9.17) is 9.47 Å². The second-order valence-corrected chi connectivity index (χ2v) is 7.87. The number of halogens is 3. The van der Waals surface area contributed by atoms with Crippen LogP contribution in [0.4, 0.5) is 13.2 Å². The van der Waals surface area contributed by atoms with Gasteiger partial charge >= 0.3 is 6.36 Å². The molecule has 2 aliphatic heterocycles. The molecule has 2 aliphatic rings. The summed E-state index contributed by atoms with van der Waals surface area (Å²) >= 11 is 0. The van der Waals surface area contributed by atoms with E-state index in [1.165, 1.54) is 18.2 Å². The van der Waals surface area contributed by atoms with Gasteiger partial charge in [0.05, 0.1) is 24.7 Å². The molecule has 10 heteroatoms. The number of aliphatic hydroxyl groups is 1. The first kappa shape index (κ1) is 22.8. The lowest BCUT2D eigenvalue weighted by Crippen LogP contribution is -2.39. The molecule has 30 heavy (non-hydrogen) atoms. The van der Waals surface area contributed by atoms with Crippen LogP contribution >= 0.6 is 0 Å². The molecular weight excluding hydrogens is 405 g/mol. The smallest absolute Gasteiger partial charge is 0.405 e. The largest absolute Gasteiger partial charge is 0.573 e. The Morgan fingerprint density at radius 1 is 1.30 bits per heavy atom. The fourth-order valence-corrected chi connectivity index (χ4v) is 3.82. The number of carbonyl (C=O) groups is 1. The zero-order chi connectivity index (χ0) is 21.9. The van der Waals surface area contributed by atoms with Crippen LogP contribution in [-0.4, -0.2) is 60.5 Å². The van der Waals surface area contributed by atoms with Crippen molar-refractivity contribution < 1.29 is 37.3 Å². The number of carbonyl (C=O) groups excluding carboxylic acids is 1. The van der Waals surface area contributed by atoms with E-state index in [-0.39, 0.29) is 49.4 Å². The molecule has 2 fully saturated rings. The number of hydrogen-bond donors (Lipinski definition) is 3. The van der Waals surface area contributed by atoms with Crippen molar-refractivity contribution in [3.05, 3.63) is 29.8 Å². The minimum atomic E-state index is -4.77. The average Bonchev–Trinajstić information content (AvgIpc) is 3.13. The summed E-state index contributed by atoms with van der Waals surface area (Å²) in [6.45, 7) is 4.10. The SMILES string of the molecule is CC(C)NC(=O)C[C@@H]1C[C@H]2O[C@H](CNCc3ccccc3OC(F)(F)F)[C@@H](O)[C@H]2O1. The minimum absolute atomic E-state index is 0.0439. The van der Waals surface area contributed by atoms with Gasteiger partial charge in [-0.1, -0.05) is 18.2 Å². The monoisotopic (exact) mass is 432 g/mol. The molecule has 1 amide bonds. The highest BCUT2D eigenvalue weighted by atomic mass is 19.4. The molecule has 2 saturated heterocycles. The van der Waals surface area contributed by atoms with Gasteiger partial charge in [0.1, 0.15) is 18.0 Å². The van der Waals surface area contributed by atoms with Gasteiger partial charge in [-0.25, -0.2) is 0 Å². The van der Waals surface area contributed by atoms with Gasteiger partial charge < -0.3 is 30.0 Å². The summed E-state index contributed by atoms with van der Waals surface area (Å²) in [4.78, 5) is 11.9. The molecule has 0 spiro atoms. The van der Waals surface area contributed by atoms with Crippen LogP contribution in [0.5, 0.6) is 5.75 Å². The summed E-state index contributed by atoms with van der Waals surface area (Å²) in [6.07, 6.45) is -6.64. The molecule has 7 nitrogen and oxygen atoms in total. The Kier molecular flexibility index (Phi) is 7.22. The Balaban J connectivity index is 1.46. The van der Waals surface area contributed by atoms with E-state index in [1.807, 2.05) is 13.8 Å². The molecule has 3 rings (SSSR count). The predicted octanol–water partition coefficient (Wildman–Crippen LogP) is 1.88. The van der Waals surface area contributed by atoms with Gasteiger partial charge in [-0.2, -0.15) is 0 Å². The molecule has 0 aromatic heterocycles. The number of rotatable bonds is 8. The van der Waals surface area contributed by atoms with Crippen LogP contribution in [0.3, 0.4) is 0 Å². The first-order chi connectivity index (χ1) is 14.1. The first-order valence-corrected chi connectivity index (χ1v) is 9.95. The van der Waals surface area contributed by atoms with E-state index in [2.05, 4.69) is 15.4 Å². The summed E-state index contributed by atoms with van der Waals surface area (Å²) in [7, 11) is 0. The van der Waals surface area contributed by atoms with E-state index >= 15 is 0 Å². The molecule has 3 N–H and O–H groups in total. The highest BCUT2D eigenvalue weighted by molar-refractivity contribution is 5.76. The number of alkyl halides is 3. The molecule has 1 aromatic carbocycles. The van der Waals surface area contributed by atoms with Crippen LogP contribution in [0.1, 0.15) is 32.3 Å². The molecule has 1 aromatic rings. The van der Waals surface area contributed by atoms with Gasteiger partial charge in [-0.05, 0) is 19.9 Å². The lowest BCUT2D eigenvalue weighted by Gasteiger charge is -2.21. The zero-order valence-corrected chi connectivity index (χ0v) is 16.8. The molecular formula is C20H27F3N2O5. The van der Waals surface area contributed by atoms with Crippen molar-refractivity contribution in [3.63, 3.8) is 0 Å². The molecule has 0 bridgehead atoms. The van der Waals surface area contributed by atoms with Gasteiger partial charge in [0.25, 0.3) is 0 Å². The Morgan fingerprint density at radius 2 is 2.03 bits per heavy atom. The number of hydrogen-bond acceptors (Lipinski definition) is 6. The van der Waals surface area contributed by atoms with Crippen LogP contribution in [-0.2, 0) is 20.8 Å². The molecule has 0 saturated carbocycles. The van der Waals surface area contributed by atoms with Crippen molar-refractivity contribution in [2.24, 2.45) is 0 Å². The number of amides is 1. The Morgan fingerprint density at radius 3 is 2.70 bits per heavy atom. The topological polar surface area (TPSA) is 89.1 Å². The third-order valence-corrected chi connectivity index (χ3v) is 5.00. The molecule has 5 atom stereocenters. The van der Waals surface area contributed by atoms with Crippen LogP contribution in [0, 0.1) is 0 Å². The summed E-state index contributed by atoms with van der Waals surface area (Å²) in [5.74, 6) is -0.379. The quantitative estimate of drug-likeness (QED) is 0.581. The number of aliphatic hydroxyl groups excluding tert-OH is 1. The van der Waals surface area contributed by atoms with Crippen LogP contribution in [0.25, 0.3) is 0 Å². The first-order valence-electron chi connectivity index (χ1n) is 9.95. The van der Waals surface area contributed by atoms with Crippen LogP contribution in [0.2, 0.25) is 0 Å². The lowest BCUT2D eigenvalue weighted by atomic mass is 10.1. The number of nitrogens with one attached hydrogen (secondary N) is 2. The third-order valence-electron chi connectivity index (χ3n) is 5.00. The standard InChI is InChI=1S/C20H27F3N2O5/c1-11(2)25-17(26)8-13-7-15-19(28-13)18(27)16(29-15)10-24-9-12-5-3-4-6-14(12)30-20(21,22)23/h3-6,11,13,15-16,18-19,24,27H,7-10H2,1-2H3,(H,25,26)/t13-,15+,16+,18+,19-/m0/s1. The highest BCUT2D eigenvalue weighted by Gasteiger charge is 2.50. The van der Waals surface area contributed by atoms with E-state index in [1.54, 1.807) is 6.07 Å². The number of ether oxygens (including phenoxy) is 3. The fourth-order valence-electron chi connectivity index (χ4n) is 3.82. The summed E-state index contributed by atoms with van der Waals surface area (Å²) in [6, 6.07) is 5.91. The van der Waals surface area contributed by atoms with Crippen molar-refractivity contribution in [1.82, 2.24) is 10.6 Å². The summed E-state index contributed by atoms with van der Waals surface area (Å²) < 4.78 is 53.2. The molecule has 2 heterocycles.